The van der Waals surface area contributed by atoms with Gasteiger partial charge in [0.2, 0.25) is 9.70 Å². The molecule has 1 atom stereocenters. The summed E-state index contributed by atoms with van der Waals surface area (Å²) in [6.45, 7) is 2.25. The van der Waals surface area contributed by atoms with E-state index in [1.165, 1.54) is 57.8 Å². The Morgan fingerprint density at radius 3 is 1.86 bits per heavy atom. The SMILES string of the molecule is CCCCCCCCCCCCCC(=O)NC(Nc1ccc(Br)cc1)C(Cl)(Cl)Cl. The van der Waals surface area contributed by atoms with Crippen molar-refractivity contribution < 1.29 is 4.79 Å². The van der Waals surface area contributed by atoms with Crippen LogP contribution in [0.4, 0.5) is 5.69 Å². The number of carbonyl (C=O) groups is 1. The molecule has 0 radical (unpaired) electrons. The zero-order valence-corrected chi connectivity index (χ0v) is 21.1. The molecule has 0 saturated carbocycles. The van der Waals surface area contributed by atoms with E-state index in [0.717, 1.165) is 23.0 Å². The van der Waals surface area contributed by atoms with Crippen LogP contribution in [-0.4, -0.2) is 15.9 Å². The molecule has 29 heavy (non-hydrogen) atoms. The predicted molar refractivity (Wildman–Crippen MR) is 131 cm³/mol. The average molecular weight is 529 g/mol. The van der Waals surface area contributed by atoms with Crippen LogP contribution in [0.15, 0.2) is 28.7 Å². The average Bonchev–Trinajstić information content (AvgIpc) is 2.66. The van der Waals surface area contributed by atoms with Crippen LogP contribution in [0.3, 0.4) is 0 Å². The fraction of sp³-hybridized carbons (Fsp3) is 0.682. The summed E-state index contributed by atoms with van der Waals surface area (Å²) in [5.41, 5.74) is 0.763. The van der Waals surface area contributed by atoms with Gasteiger partial charge in [0, 0.05) is 16.6 Å². The smallest absolute Gasteiger partial charge is 0.228 e. The molecule has 1 aromatic carbocycles. The first-order valence-corrected chi connectivity index (χ1v) is 12.6. The maximum absolute atomic E-state index is 12.3. The molecule has 0 saturated heterocycles. The van der Waals surface area contributed by atoms with Gasteiger partial charge in [-0.25, -0.2) is 0 Å². The number of benzene rings is 1. The Labute approximate surface area is 199 Å². The first kappa shape index (κ1) is 26.9. The third kappa shape index (κ3) is 13.7. The largest absolute Gasteiger partial charge is 0.362 e. The Kier molecular flexibility index (Phi) is 14.5. The van der Waals surface area contributed by atoms with Crippen LogP contribution in [0.1, 0.15) is 84.0 Å². The molecule has 7 heteroatoms. The summed E-state index contributed by atoms with van der Waals surface area (Å²) in [4.78, 5) is 12.3. The van der Waals surface area contributed by atoms with Crippen molar-refractivity contribution in [2.45, 2.75) is 93.9 Å². The molecule has 0 aliphatic heterocycles. The van der Waals surface area contributed by atoms with Gasteiger partial charge in [-0.1, -0.05) is 122 Å². The summed E-state index contributed by atoms with van der Waals surface area (Å²) in [6.07, 6.45) is 13.4. The lowest BCUT2D eigenvalue weighted by atomic mass is 10.1. The predicted octanol–water partition coefficient (Wildman–Crippen LogP) is 8.37. The second kappa shape index (κ2) is 15.6. The minimum absolute atomic E-state index is 0.109. The molecule has 166 valence electrons. The molecule has 0 bridgehead atoms. The number of carbonyl (C=O) groups excluding carboxylic acids is 1. The third-order valence-electron chi connectivity index (χ3n) is 4.80. The highest BCUT2D eigenvalue weighted by Gasteiger charge is 2.33. The van der Waals surface area contributed by atoms with E-state index < -0.39 is 9.96 Å². The number of anilines is 1. The summed E-state index contributed by atoms with van der Waals surface area (Å²) in [5.74, 6) is -0.109. The first-order chi connectivity index (χ1) is 13.8. The van der Waals surface area contributed by atoms with Gasteiger partial charge in [0.1, 0.15) is 6.17 Å². The fourth-order valence-corrected chi connectivity index (χ4v) is 3.69. The Balaban J connectivity index is 2.19. The van der Waals surface area contributed by atoms with Gasteiger partial charge in [0.05, 0.1) is 0 Å². The third-order valence-corrected chi connectivity index (χ3v) is 5.98. The lowest BCUT2D eigenvalue weighted by molar-refractivity contribution is -0.121. The van der Waals surface area contributed by atoms with Gasteiger partial charge >= 0.3 is 0 Å². The van der Waals surface area contributed by atoms with Crippen LogP contribution in [0, 0.1) is 0 Å². The maximum atomic E-state index is 12.3. The van der Waals surface area contributed by atoms with E-state index in [9.17, 15) is 4.79 Å². The number of nitrogens with one attached hydrogen (secondary N) is 2. The van der Waals surface area contributed by atoms with Gasteiger partial charge in [-0.15, -0.1) is 0 Å². The normalized spacial score (nSPS) is 12.6. The molecule has 0 aromatic heterocycles. The number of unbranched alkanes of at least 4 members (excludes halogenated alkanes) is 10. The molecule has 0 spiro atoms. The number of amides is 1. The van der Waals surface area contributed by atoms with Gasteiger partial charge in [0.25, 0.3) is 0 Å². The van der Waals surface area contributed by atoms with E-state index >= 15 is 0 Å². The lowest BCUT2D eigenvalue weighted by Gasteiger charge is -2.27. The van der Waals surface area contributed by atoms with Crippen LogP contribution >= 0.6 is 50.7 Å². The van der Waals surface area contributed by atoms with Crippen molar-refractivity contribution in [3.05, 3.63) is 28.7 Å². The zero-order chi connectivity index (χ0) is 21.5. The van der Waals surface area contributed by atoms with Crippen molar-refractivity contribution in [3.63, 3.8) is 0 Å². The maximum Gasteiger partial charge on any atom is 0.228 e. The summed E-state index contributed by atoms with van der Waals surface area (Å²) < 4.78 is -0.700. The Morgan fingerprint density at radius 1 is 0.897 bits per heavy atom. The van der Waals surface area contributed by atoms with Crippen molar-refractivity contribution in [1.29, 1.82) is 0 Å². The van der Waals surface area contributed by atoms with Gasteiger partial charge in [-0.2, -0.15) is 0 Å². The molecule has 1 unspecified atom stereocenters. The standard InChI is InChI=1S/C22H34BrCl3N2O/c1-2-3-4-5-6-7-8-9-10-11-12-13-20(29)28-21(22(24,25)26)27-19-16-14-18(23)15-17-19/h14-17,21,27H,2-13H2,1H3,(H,28,29). The number of halogens is 4. The van der Waals surface area contributed by atoms with E-state index in [-0.39, 0.29) is 5.91 Å². The quantitative estimate of drug-likeness (QED) is 0.136. The molecule has 1 amide bonds. The number of hydrogen-bond acceptors (Lipinski definition) is 2. The highest BCUT2D eigenvalue weighted by molar-refractivity contribution is 9.10. The van der Waals surface area contributed by atoms with E-state index in [1.54, 1.807) is 0 Å². The topological polar surface area (TPSA) is 41.1 Å². The minimum Gasteiger partial charge on any atom is -0.362 e. The number of hydrogen-bond donors (Lipinski definition) is 2. The van der Waals surface area contributed by atoms with Gasteiger partial charge in [0.15, 0.2) is 0 Å². The number of rotatable bonds is 15. The lowest BCUT2D eigenvalue weighted by Crippen LogP contribution is -2.49. The summed E-state index contributed by atoms with van der Waals surface area (Å²) in [6, 6.07) is 7.46. The summed E-state index contributed by atoms with van der Waals surface area (Å²) >= 11 is 21.5. The second-order valence-corrected chi connectivity index (χ2v) is 10.8. The Bertz CT molecular complexity index is 564. The van der Waals surface area contributed by atoms with E-state index in [1.807, 2.05) is 24.3 Å². The Hall–Kier alpha value is -0.160. The van der Waals surface area contributed by atoms with Crippen LogP contribution in [0.25, 0.3) is 0 Å². The van der Waals surface area contributed by atoms with Crippen LogP contribution in [0.5, 0.6) is 0 Å². The molecular formula is C22H34BrCl3N2O. The van der Waals surface area contributed by atoms with Crippen molar-refractivity contribution in [1.82, 2.24) is 5.32 Å². The van der Waals surface area contributed by atoms with Gasteiger partial charge < -0.3 is 10.6 Å². The molecule has 1 aromatic rings. The van der Waals surface area contributed by atoms with E-state index in [0.29, 0.717) is 6.42 Å². The monoisotopic (exact) mass is 526 g/mol. The van der Waals surface area contributed by atoms with Crippen molar-refractivity contribution in [3.8, 4) is 0 Å². The zero-order valence-electron chi connectivity index (χ0n) is 17.3. The summed E-state index contributed by atoms with van der Waals surface area (Å²) in [5, 5.41) is 5.87. The van der Waals surface area contributed by atoms with Crippen LogP contribution < -0.4 is 10.6 Å². The van der Waals surface area contributed by atoms with E-state index in [2.05, 4.69) is 33.5 Å². The molecular weight excluding hydrogens is 495 g/mol. The molecule has 1 rings (SSSR count). The van der Waals surface area contributed by atoms with Gasteiger partial charge in [-0.05, 0) is 30.7 Å². The first-order valence-electron chi connectivity index (χ1n) is 10.7. The van der Waals surface area contributed by atoms with E-state index in [4.69, 9.17) is 34.8 Å². The van der Waals surface area contributed by atoms with Crippen molar-refractivity contribution in [2.75, 3.05) is 5.32 Å². The highest BCUT2D eigenvalue weighted by atomic mass is 79.9. The molecule has 3 nitrogen and oxygen atoms in total. The molecule has 2 N–H and O–H groups in total. The molecule has 0 fully saturated rings. The highest BCUT2D eigenvalue weighted by Crippen LogP contribution is 2.31. The second-order valence-electron chi connectivity index (χ2n) is 7.48. The Morgan fingerprint density at radius 2 is 1.38 bits per heavy atom. The van der Waals surface area contributed by atoms with Crippen LogP contribution in [0.2, 0.25) is 0 Å². The molecule has 0 aliphatic carbocycles. The molecule has 0 heterocycles. The van der Waals surface area contributed by atoms with Crippen LogP contribution in [-0.2, 0) is 4.79 Å². The summed E-state index contributed by atoms with van der Waals surface area (Å²) in [7, 11) is 0. The number of alkyl halides is 3. The van der Waals surface area contributed by atoms with Crippen molar-refractivity contribution >= 4 is 62.3 Å². The fourth-order valence-electron chi connectivity index (χ4n) is 3.10. The minimum atomic E-state index is -1.65. The molecule has 0 aliphatic rings. The van der Waals surface area contributed by atoms with Gasteiger partial charge in [-0.3, -0.25) is 4.79 Å². The van der Waals surface area contributed by atoms with Crippen molar-refractivity contribution in [2.24, 2.45) is 0 Å².